The maximum absolute atomic E-state index is 12.3. The first-order valence-electron chi connectivity index (χ1n) is 8.84. The highest BCUT2D eigenvalue weighted by Crippen LogP contribution is 2.27. The highest BCUT2D eigenvalue weighted by Gasteiger charge is 2.18. The number of aromatic nitrogens is 2. The second-order valence-electron chi connectivity index (χ2n) is 6.77. The molecular formula is C22H20N2O2S. The first-order chi connectivity index (χ1) is 13.0. The van der Waals surface area contributed by atoms with Gasteiger partial charge in [-0.3, -0.25) is 4.57 Å². The normalized spacial score (nSPS) is 12.0. The fourth-order valence-electron chi connectivity index (χ4n) is 3.10. The van der Waals surface area contributed by atoms with Crippen LogP contribution in [0.3, 0.4) is 0 Å². The summed E-state index contributed by atoms with van der Waals surface area (Å²) in [7, 11) is -3.25. The van der Waals surface area contributed by atoms with Gasteiger partial charge >= 0.3 is 0 Å². The molecule has 0 atom stereocenters. The summed E-state index contributed by atoms with van der Waals surface area (Å²) in [6.45, 7) is 3.39. The first-order valence-corrected chi connectivity index (χ1v) is 10.4. The van der Waals surface area contributed by atoms with Gasteiger partial charge in [-0.25, -0.2) is 13.4 Å². The Morgan fingerprint density at radius 3 is 2.19 bits per heavy atom. The molecule has 4 nitrogen and oxygen atoms in total. The van der Waals surface area contributed by atoms with E-state index >= 15 is 0 Å². The van der Waals surface area contributed by atoms with E-state index in [1.54, 1.807) is 26.0 Å². The van der Waals surface area contributed by atoms with E-state index < -0.39 is 15.1 Å². The monoisotopic (exact) mass is 376 g/mol. The van der Waals surface area contributed by atoms with Crippen molar-refractivity contribution in [3.05, 3.63) is 79.1 Å². The van der Waals surface area contributed by atoms with Crippen LogP contribution in [-0.2, 0) is 9.84 Å². The number of para-hydroxylation sites is 1. The van der Waals surface area contributed by atoms with E-state index in [2.05, 4.69) is 9.55 Å². The van der Waals surface area contributed by atoms with Crippen LogP contribution in [0.15, 0.2) is 84.0 Å². The van der Waals surface area contributed by atoms with Crippen molar-refractivity contribution in [2.75, 3.05) is 0 Å². The molecule has 5 heteroatoms. The molecule has 4 rings (SSSR count). The van der Waals surface area contributed by atoms with Crippen molar-refractivity contribution in [1.29, 1.82) is 0 Å². The Bertz CT molecular complexity index is 1190. The summed E-state index contributed by atoms with van der Waals surface area (Å²) in [4.78, 5) is 4.89. The van der Waals surface area contributed by atoms with Gasteiger partial charge in [-0.2, -0.15) is 0 Å². The van der Waals surface area contributed by atoms with E-state index in [0.717, 1.165) is 27.8 Å². The number of nitrogens with zero attached hydrogens (tertiary/aromatic N) is 2. The van der Waals surface area contributed by atoms with Crippen LogP contribution < -0.4 is 0 Å². The molecule has 1 aromatic heterocycles. The number of hydrogen-bond donors (Lipinski definition) is 0. The van der Waals surface area contributed by atoms with Crippen LogP contribution in [-0.4, -0.2) is 23.2 Å². The maximum Gasteiger partial charge on any atom is 0.180 e. The smallest absolute Gasteiger partial charge is 0.180 e. The lowest BCUT2D eigenvalue weighted by Gasteiger charge is -2.09. The van der Waals surface area contributed by atoms with Crippen molar-refractivity contribution in [2.24, 2.45) is 0 Å². The van der Waals surface area contributed by atoms with Crippen LogP contribution in [0.25, 0.3) is 27.8 Å². The number of fused-ring (bicyclic) bond motifs is 1. The SMILES string of the molecule is CC(C)S(=O)(=O)c1ccc(-c2ccc3c(c2)ncn3-c2ccccc2)cc1. The summed E-state index contributed by atoms with van der Waals surface area (Å²) in [6, 6.07) is 23.3. The van der Waals surface area contributed by atoms with Crippen molar-refractivity contribution >= 4 is 20.9 Å². The van der Waals surface area contributed by atoms with E-state index in [1.807, 2.05) is 67.0 Å². The standard InChI is InChI=1S/C22H20N2O2S/c1-16(2)27(25,26)20-11-8-17(9-12-20)18-10-13-22-21(14-18)23-15-24(22)19-6-4-3-5-7-19/h3-16H,1-2H3. The minimum atomic E-state index is -3.25. The fraction of sp³-hybridized carbons (Fsp3) is 0.136. The largest absolute Gasteiger partial charge is 0.299 e. The van der Waals surface area contributed by atoms with Gasteiger partial charge in [0.05, 0.1) is 21.2 Å². The molecule has 0 fully saturated rings. The quantitative estimate of drug-likeness (QED) is 0.510. The van der Waals surface area contributed by atoms with Gasteiger partial charge in [0.15, 0.2) is 9.84 Å². The zero-order chi connectivity index (χ0) is 19.0. The molecule has 0 bridgehead atoms. The molecule has 0 aliphatic heterocycles. The molecule has 0 amide bonds. The summed E-state index contributed by atoms with van der Waals surface area (Å²) in [5.74, 6) is 0. The number of rotatable bonds is 4. The molecule has 0 unspecified atom stereocenters. The minimum absolute atomic E-state index is 0.357. The lowest BCUT2D eigenvalue weighted by Crippen LogP contribution is -2.13. The zero-order valence-electron chi connectivity index (χ0n) is 15.2. The Balaban J connectivity index is 1.71. The Hall–Kier alpha value is -2.92. The van der Waals surface area contributed by atoms with Crippen LogP contribution in [0.2, 0.25) is 0 Å². The predicted molar refractivity (Wildman–Crippen MR) is 109 cm³/mol. The summed E-state index contributed by atoms with van der Waals surface area (Å²) in [6.07, 6.45) is 1.82. The minimum Gasteiger partial charge on any atom is -0.299 e. The van der Waals surface area contributed by atoms with E-state index in [9.17, 15) is 8.42 Å². The van der Waals surface area contributed by atoms with E-state index in [-0.39, 0.29) is 0 Å². The van der Waals surface area contributed by atoms with E-state index in [4.69, 9.17) is 0 Å². The van der Waals surface area contributed by atoms with Crippen molar-refractivity contribution in [2.45, 2.75) is 24.0 Å². The summed E-state index contributed by atoms with van der Waals surface area (Å²) in [5.41, 5.74) is 4.97. The Morgan fingerprint density at radius 1 is 0.852 bits per heavy atom. The van der Waals surface area contributed by atoms with Crippen molar-refractivity contribution in [1.82, 2.24) is 9.55 Å². The highest BCUT2D eigenvalue weighted by atomic mass is 32.2. The highest BCUT2D eigenvalue weighted by molar-refractivity contribution is 7.92. The predicted octanol–water partition coefficient (Wildman–Crippen LogP) is 4.87. The Morgan fingerprint density at radius 2 is 1.52 bits per heavy atom. The van der Waals surface area contributed by atoms with Crippen molar-refractivity contribution < 1.29 is 8.42 Å². The van der Waals surface area contributed by atoms with Gasteiger partial charge in [0.1, 0.15) is 6.33 Å². The fourth-order valence-corrected chi connectivity index (χ4v) is 4.16. The second-order valence-corrected chi connectivity index (χ2v) is 9.28. The van der Waals surface area contributed by atoms with Crippen LogP contribution in [0, 0.1) is 0 Å². The molecule has 0 aliphatic rings. The number of benzene rings is 3. The topological polar surface area (TPSA) is 52.0 Å². The third-order valence-corrected chi connectivity index (χ3v) is 6.89. The molecule has 0 aliphatic carbocycles. The molecule has 0 spiro atoms. The average molecular weight is 376 g/mol. The molecule has 3 aromatic carbocycles. The van der Waals surface area contributed by atoms with Gasteiger partial charge < -0.3 is 0 Å². The average Bonchev–Trinajstić information content (AvgIpc) is 3.12. The lowest BCUT2D eigenvalue weighted by molar-refractivity contribution is 0.587. The van der Waals surface area contributed by atoms with E-state index in [0.29, 0.717) is 4.90 Å². The molecule has 0 saturated heterocycles. The molecule has 4 aromatic rings. The second kappa shape index (κ2) is 6.67. The number of imidazole rings is 1. The molecule has 1 heterocycles. The Kier molecular flexibility index (Phi) is 4.32. The van der Waals surface area contributed by atoms with Crippen molar-refractivity contribution in [3.8, 4) is 16.8 Å². The van der Waals surface area contributed by atoms with Crippen LogP contribution in [0.1, 0.15) is 13.8 Å². The van der Waals surface area contributed by atoms with Gasteiger partial charge in [-0.15, -0.1) is 0 Å². The summed E-state index contributed by atoms with van der Waals surface area (Å²) >= 11 is 0. The van der Waals surface area contributed by atoms with Gasteiger partial charge in [0.25, 0.3) is 0 Å². The molecular weight excluding hydrogens is 356 g/mol. The van der Waals surface area contributed by atoms with Gasteiger partial charge in [0, 0.05) is 5.69 Å². The Labute approximate surface area is 159 Å². The van der Waals surface area contributed by atoms with E-state index in [1.165, 1.54) is 0 Å². The van der Waals surface area contributed by atoms with Crippen LogP contribution in [0.4, 0.5) is 0 Å². The van der Waals surface area contributed by atoms with Gasteiger partial charge in [-0.05, 0) is 61.4 Å². The zero-order valence-corrected chi connectivity index (χ0v) is 16.0. The lowest BCUT2D eigenvalue weighted by atomic mass is 10.1. The third kappa shape index (κ3) is 3.15. The van der Waals surface area contributed by atoms with Crippen LogP contribution >= 0.6 is 0 Å². The van der Waals surface area contributed by atoms with Gasteiger partial charge in [-0.1, -0.05) is 36.4 Å². The first kappa shape index (κ1) is 17.5. The summed E-state index contributed by atoms with van der Waals surface area (Å²) in [5, 5.41) is -0.429. The molecule has 0 radical (unpaired) electrons. The number of sulfone groups is 1. The third-order valence-electron chi connectivity index (χ3n) is 4.72. The van der Waals surface area contributed by atoms with Crippen LogP contribution in [0.5, 0.6) is 0 Å². The number of hydrogen-bond acceptors (Lipinski definition) is 3. The maximum atomic E-state index is 12.3. The van der Waals surface area contributed by atoms with Crippen molar-refractivity contribution in [3.63, 3.8) is 0 Å². The molecule has 0 saturated carbocycles. The molecule has 136 valence electrons. The van der Waals surface area contributed by atoms with Gasteiger partial charge in [0.2, 0.25) is 0 Å². The molecule has 0 N–H and O–H groups in total. The summed E-state index contributed by atoms with van der Waals surface area (Å²) < 4.78 is 26.6. The molecule has 27 heavy (non-hydrogen) atoms.